The lowest BCUT2D eigenvalue weighted by Crippen LogP contribution is -2.66. The Kier molecular flexibility index (Phi) is 4.97. The van der Waals surface area contributed by atoms with E-state index in [1.165, 1.54) is 0 Å². The number of unbranched alkanes of at least 4 members (excludes halogenated alkanes) is 2. The zero-order valence-electron chi connectivity index (χ0n) is 11.2. The van der Waals surface area contributed by atoms with Crippen molar-refractivity contribution in [1.29, 1.82) is 0 Å². The molecule has 0 aliphatic carbocycles. The highest BCUT2D eigenvalue weighted by atomic mass is 16.2. The van der Waals surface area contributed by atoms with Crippen molar-refractivity contribution < 1.29 is 9.59 Å². The number of piperazine rings is 1. The van der Waals surface area contributed by atoms with Crippen molar-refractivity contribution >= 4 is 11.8 Å². The molecule has 1 heterocycles. The molecule has 0 aromatic rings. The van der Waals surface area contributed by atoms with Crippen molar-refractivity contribution in [1.82, 2.24) is 10.2 Å². The Morgan fingerprint density at radius 3 is 2.35 bits per heavy atom. The highest BCUT2D eigenvalue weighted by molar-refractivity contribution is 5.97. The van der Waals surface area contributed by atoms with Crippen LogP contribution in [0.1, 0.15) is 52.9 Å². The lowest BCUT2D eigenvalue weighted by Gasteiger charge is -2.45. The number of amides is 2. The quantitative estimate of drug-likeness (QED) is 0.718. The molecule has 2 amide bonds. The molecule has 1 aliphatic heterocycles. The van der Waals surface area contributed by atoms with E-state index >= 15 is 0 Å². The van der Waals surface area contributed by atoms with E-state index in [1.807, 2.05) is 18.7 Å². The first-order chi connectivity index (χ1) is 8.12. The molecule has 17 heavy (non-hydrogen) atoms. The maximum absolute atomic E-state index is 12.1. The van der Waals surface area contributed by atoms with E-state index in [0.29, 0.717) is 19.4 Å². The van der Waals surface area contributed by atoms with Crippen LogP contribution in [0.4, 0.5) is 0 Å². The largest absolute Gasteiger partial charge is 0.345 e. The Hall–Kier alpha value is -1.06. The van der Waals surface area contributed by atoms with Crippen molar-refractivity contribution in [2.75, 3.05) is 13.1 Å². The van der Waals surface area contributed by atoms with Gasteiger partial charge in [-0.05, 0) is 19.3 Å². The molecule has 1 fully saturated rings. The lowest BCUT2D eigenvalue weighted by molar-refractivity contribution is -0.154. The highest BCUT2D eigenvalue weighted by Crippen LogP contribution is 2.27. The minimum Gasteiger partial charge on any atom is -0.345 e. The van der Waals surface area contributed by atoms with Gasteiger partial charge < -0.3 is 10.2 Å². The second-order valence-corrected chi connectivity index (χ2v) is 4.67. The molecule has 98 valence electrons. The second-order valence-electron chi connectivity index (χ2n) is 4.67. The number of hydrogen-bond acceptors (Lipinski definition) is 2. The predicted molar refractivity (Wildman–Crippen MR) is 67.6 cm³/mol. The van der Waals surface area contributed by atoms with E-state index in [-0.39, 0.29) is 18.4 Å². The monoisotopic (exact) mass is 240 g/mol. The maximum Gasteiger partial charge on any atom is 0.246 e. The lowest BCUT2D eigenvalue weighted by atomic mass is 9.87. The van der Waals surface area contributed by atoms with Gasteiger partial charge in [-0.15, -0.1) is 0 Å². The van der Waals surface area contributed by atoms with Crippen molar-refractivity contribution in [2.45, 2.75) is 58.4 Å². The number of nitrogens with one attached hydrogen (secondary N) is 1. The van der Waals surface area contributed by atoms with E-state index in [9.17, 15) is 9.59 Å². The zero-order chi connectivity index (χ0) is 12.9. The first kappa shape index (κ1) is 14.0. The number of rotatable bonds is 6. The smallest absolute Gasteiger partial charge is 0.246 e. The second kappa shape index (κ2) is 6.03. The summed E-state index contributed by atoms with van der Waals surface area (Å²) in [6.07, 6.45) is 4.59. The van der Waals surface area contributed by atoms with Crippen LogP contribution >= 0.6 is 0 Å². The third-order valence-electron chi connectivity index (χ3n) is 3.80. The predicted octanol–water partition coefficient (Wildman–Crippen LogP) is 1.69. The van der Waals surface area contributed by atoms with Gasteiger partial charge in [0.2, 0.25) is 11.8 Å². The first-order valence-corrected chi connectivity index (χ1v) is 6.71. The third kappa shape index (κ3) is 2.61. The Labute approximate surface area is 104 Å². The summed E-state index contributed by atoms with van der Waals surface area (Å²) >= 11 is 0. The van der Waals surface area contributed by atoms with Gasteiger partial charge in [0.05, 0.1) is 6.54 Å². The SMILES string of the molecule is CCCCCN1C(=O)CNC(=O)C1(CC)CC. The fourth-order valence-corrected chi connectivity index (χ4v) is 2.59. The van der Waals surface area contributed by atoms with E-state index in [2.05, 4.69) is 12.2 Å². The molecule has 0 bridgehead atoms. The van der Waals surface area contributed by atoms with Gasteiger partial charge in [0.15, 0.2) is 0 Å². The number of hydrogen-bond donors (Lipinski definition) is 1. The molecule has 1 saturated heterocycles. The Balaban J connectivity index is 2.84. The zero-order valence-corrected chi connectivity index (χ0v) is 11.2. The van der Waals surface area contributed by atoms with Gasteiger partial charge >= 0.3 is 0 Å². The molecule has 0 saturated carbocycles. The van der Waals surface area contributed by atoms with Crippen molar-refractivity contribution in [2.24, 2.45) is 0 Å². The molecule has 0 unspecified atom stereocenters. The summed E-state index contributed by atoms with van der Waals surface area (Å²) in [5.74, 6) is 0.0722. The van der Waals surface area contributed by atoms with Gasteiger partial charge in [-0.1, -0.05) is 33.6 Å². The van der Waals surface area contributed by atoms with Crippen LogP contribution in [0.3, 0.4) is 0 Å². The molecule has 1 aliphatic rings. The molecule has 0 aromatic heterocycles. The Morgan fingerprint density at radius 2 is 1.82 bits per heavy atom. The first-order valence-electron chi connectivity index (χ1n) is 6.71. The molecule has 1 rings (SSSR count). The van der Waals surface area contributed by atoms with E-state index in [4.69, 9.17) is 0 Å². The molecule has 4 nitrogen and oxygen atoms in total. The standard InChI is InChI=1S/C13H24N2O2/c1-4-7-8-9-15-11(16)10-14-12(17)13(15,5-2)6-3/h4-10H2,1-3H3,(H,14,17). The summed E-state index contributed by atoms with van der Waals surface area (Å²) in [5.41, 5.74) is -0.608. The molecule has 1 N–H and O–H groups in total. The van der Waals surface area contributed by atoms with Gasteiger partial charge in [-0.2, -0.15) is 0 Å². The number of nitrogens with zero attached hydrogens (tertiary/aromatic N) is 1. The molecular formula is C13H24N2O2. The van der Waals surface area contributed by atoms with Crippen LogP contribution in [0, 0.1) is 0 Å². The third-order valence-corrected chi connectivity index (χ3v) is 3.80. The van der Waals surface area contributed by atoms with Crippen LogP contribution in [0.2, 0.25) is 0 Å². The van der Waals surface area contributed by atoms with Gasteiger partial charge in [0.1, 0.15) is 5.54 Å². The average molecular weight is 240 g/mol. The van der Waals surface area contributed by atoms with Crippen LogP contribution in [0.15, 0.2) is 0 Å². The van der Waals surface area contributed by atoms with Crippen molar-refractivity contribution in [3.05, 3.63) is 0 Å². The Bertz CT molecular complexity index is 285. The van der Waals surface area contributed by atoms with Gasteiger partial charge in [-0.3, -0.25) is 9.59 Å². The van der Waals surface area contributed by atoms with Crippen LogP contribution < -0.4 is 5.32 Å². The number of carbonyl (C=O) groups excluding carboxylic acids is 2. The average Bonchev–Trinajstić information content (AvgIpc) is 2.34. The maximum atomic E-state index is 12.1. The molecule has 4 heteroatoms. The minimum absolute atomic E-state index is 0.0126. The summed E-state index contributed by atoms with van der Waals surface area (Å²) in [4.78, 5) is 25.8. The fraction of sp³-hybridized carbons (Fsp3) is 0.846. The van der Waals surface area contributed by atoms with E-state index in [1.54, 1.807) is 0 Å². The Morgan fingerprint density at radius 1 is 1.18 bits per heavy atom. The van der Waals surface area contributed by atoms with E-state index in [0.717, 1.165) is 19.3 Å². The summed E-state index contributed by atoms with van der Waals surface area (Å²) in [6.45, 7) is 6.97. The van der Waals surface area contributed by atoms with E-state index < -0.39 is 5.54 Å². The summed E-state index contributed by atoms with van der Waals surface area (Å²) in [7, 11) is 0. The molecule has 0 aromatic carbocycles. The van der Waals surface area contributed by atoms with Crippen LogP contribution in [-0.4, -0.2) is 35.3 Å². The normalized spacial score (nSPS) is 19.4. The van der Waals surface area contributed by atoms with Gasteiger partial charge in [0.25, 0.3) is 0 Å². The number of carbonyl (C=O) groups is 2. The summed E-state index contributed by atoms with van der Waals surface area (Å²) < 4.78 is 0. The van der Waals surface area contributed by atoms with Crippen molar-refractivity contribution in [3.8, 4) is 0 Å². The molecule has 0 spiro atoms. The summed E-state index contributed by atoms with van der Waals surface area (Å²) in [6, 6.07) is 0. The molecule has 0 atom stereocenters. The van der Waals surface area contributed by atoms with Crippen LogP contribution in [-0.2, 0) is 9.59 Å². The van der Waals surface area contributed by atoms with Crippen LogP contribution in [0.25, 0.3) is 0 Å². The minimum atomic E-state index is -0.608. The van der Waals surface area contributed by atoms with Crippen molar-refractivity contribution in [3.63, 3.8) is 0 Å². The molecule has 0 radical (unpaired) electrons. The van der Waals surface area contributed by atoms with Crippen LogP contribution in [0.5, 0.6) is 0 Å². The highest BCUT2D eigenvalue weighted by Gasteiger charge is 2.46. The fourth-order valence-electron chi connectivity index (χ4n) is 2.59. The topological polar surface area (TPSA) is 49.4 Å². The van der Waals surface area contributed by atoms with Gasteiger partial charge in [-0.25, -0.2) is 0 Å². The summed E-state index contributed by atoms with van der Waals surface area (Å²) in [5, 5.41) is 2.71. The molecular weight excluding hydrogens is 216 g/mol. The van der Waals surface area contributed by atoms with Gasteiger partial charge in [0, 0.05) is 6.54 Å².